The van der Waals surface area contributed by atoms with Crippen molar-refractivity contribution in [3.05, 3.63) is 95.3 Å². The molecule has 13 heteroatoms. The number of aromatic nitrogens is 2. The van der Waals surface area contributed by atoms with E-state index in [1.807, 2.05) is 81.4 Å². The van der Waals surface area contributed by atoms with Crippen LogP contribution in [0.4, 0.5) is 5.69 Å². The molecule has 1 aromatic heterocycles. The molecule has 1 atom stereocenters. The molecule has 2 N–H and O–H groups in total. The number of rotatable bonds is 13. The second kappa shape index (κ2) is 17.3. The Hall–Kier alpha value is -5.56. The van der Waals surface area contributed by atoms with Crippen LogP contribution in [0.15, 0.2) is 77.8 Å². The number of esters is 3. The Morgan fingerprint density at radius 2 is 1.51 bits per heavy atom. The van der Waals surface area contributed by atoms with E-state index >= 15 is 0 Å². The highest BCUT2D eigenvalue weighted by Gasteiger charge is 2.33. The van der Waals surface area contributed by atoms with Crippen LogP contribution in [0.5, 0.6) is 0 Å². The number of fused-ring (bicyclic) bond motifs is 3. The number of imidazole rings is 1. The van der Waals surface area contributed by atoms with Crippen LogP contribution in [0.2, 0.25) is 0 Å². The molecule has 5 rings (SSSR count). The van der Waals surface area contributed by atoms with Crippen molar-refractivity contribution >= 4 is 46.4 Å². The zero-order chi connectivity index (χ0) is 39.9. The third kappa shape index (κ3) is 11.0. The monoisotopic (exact) mass is 752 g/mol. The highest BCUT2D eigenvalue weighted by Crippen LogP contribution is 2.33. The van der Waals surface area contributed by atoms with Crippen molar-refractivity contribution in [2.75, 3.05) is 37.7 Å². The molecule has 0 spiro atoms. The zero-order valence-corrected chi connectivity index (χ0v) is 32.8. The van der Waals surface area contributed by atoms with Gasteiger partial charge >= 0.3 is 17.9 Å². The summed E-state index contributed by atoms with van der Waals surface area (Å²) in [5.41, 5.74) is 9.22. The van der Waals surface area contributed by atoms with E-state index in [1.165, 1.54) is 0 Å². The SMILES string of the molecule is CCOC(=O)CCN(C(=O)c1ccc2c(c1)nc1n2CCN(CC(=O)OC(C)(C)C)C1Cc1ccc(C(N)=NCC(=O)OC(C)(C)C)cc1)c1ccccc1. The minimum Gasteiger partial charge on any atom is -0.466 e. The summed E-state index contributed by atoms with van der Waals surface area (Å²) in [6.07, 6.45) is 0.569. The first-order valence-electron chi connectivity index (χ1n) is 18.6. The predicted molar refractivity (Wildman–Crippen MR) is 211 cm³/mol. The van der Waals surface area contributed by atoms with Gasteiger partial charge in [0.05, 0.1) is 36.6 Å². The first kappa shape index (κ1) is 40.6. The number of benzene rings is 3. The Bertz CT molecular complexity index is 2030. The molecule has 0 aliphatic carbocycles. The van der Waals surface area contributed by atoms with Crippen molar-refractivity contribution in [1.82, 2.24) is 14.5 Å². The maximum Gasteiger partial charge on any atom is 0.328 e. The molecule has 13 nitrogen and oxygen atoms in total. The largest absolute Gasteiger partial charge is 0.466 e. The molecule has 3 aromatic carbocycles. The highest BCUT2D eigenvalue weighted by atomic mass is 16.6. The third-order valence-electron chi connectivity index (χ3n) is 8.76. The number of para-hydroxylation sites is 1. The van der Waals surface area contributed by atoms with Crippen molar-refractivity contribution < 1.29 is 33.4 Å². The summed E-state index contributed by atoms with van der Waals surface area (Å²) >= 11 is 0. The van der Waals surface area contributed by atoms with Gasteiger partial charge < -0.3 is 29.4 Å². The van der Waals surface area contributed by atoms with E-state index in [0.717, 1.165) is 16.9 Å². The van der Waals surface area contributed by atoms with Crippen molar-refractivity contribution in [3.63, 3.8) is 0 Å². The second-order valence-electron chi connectivity index (χ2n) is 15.4. The van der Waals surface area contributed by atoms with Gasteiger partial charge in [-0.1, -0.05) is 42.5 Å². The highest BCUT2D eigenvalue weighted by molar-refractivity contribution is 6.08. The van der Waals surface area contributed by atoms with E-state index in [-0.39, 0.29) is 62.4 Å². The summed E-state index contributed by atoms with van der Waals surface area (Å²) in [5.74, 6) is -0.445. The van der Waals surface area contributed by atoms with Gasteiger partial charge in [0, 0.05) is 36.4 Å². The number of ether oxygens (including phenoxy) is 3. The minimum atomic E-state index is -0.636. The standard InChI is InChI=1S/C42H52N6O7/c1-8-53-35(49)20-21-47(31-12-10-9-11-13-31)40(52)30-18-19-33-32(25-30)45-39-34(46(22-23-48(33)39)27-37(51)55-42(5,6)7)24-28-14-16-29(17-15-28)38(43)44-26-36(50)54-41(2,3)4/h9-19,25,34H,8,20-24,26-27H2,1-7H3,(H2,43,44). The first-order valence-corrected chi connectivity index (χ1v) is 18.6. The number of nitrogens with zero attached hydrogens (tertiary/aromatic N) is 5. The molecule has 0 fully saturated rings. The van der Waals surface area contributed by atoms with Gasteiger partial charge in [-0.25, -0.2) is 4.98 Å². The molecule has 1 aliphatic rings. The fourth-order valence-electron chi connectivity index (χ4n) is 6.47. The maximum atomic E-state index is 14.0. The summed E-state index contributed by atoms with van der Waals surface area (Å²) in [6, 6.07) is 22.0. The van der Waals surface area contributed by atoms with Gasteiger partial charge in [-0.3, -0.25) is 29.1 Å². The summed E-state index contributed by atoms with van der Waals surface area (Å²) < 4.78 is 18.3. The Morgan fingerprint density at radius 3 is 2.16 bits per heavy atom. The fourth-order valence-corrected chi connectivity index (χ4v) is 6.47. The zero-order valence-electron chi connectivity index (χ0n) is 32.8. The van der Waals surface area contributed by atoms with E-state index in [9.17, 15) is 19.2 Å². The Morgan fingerprint density at radius 1 is 0.855 bits per heavy atom. The molecule has 1 aliphatic heterocycles. The quantitative estimate of drug-likeness (QED) is 0.0786. The van der Waals surface area contributed by atoms with Crippen LogP contribution in [0, 0.1) is 0 Å². The predicted octanol–water partition coefficient (Wildman–Crippen LogP) is 5.62. The molecule has 292 valence electrons. The fraction of sp³-hybridized carbons (Fsp3) is 0.429. The Kier molecular flexibility index (Phi) is 12.8. The Labute approximate surface area is 322 Å². The van der Waals surface area contributed by atoms with E-state index in [4.69, 9.17) is 24.9 Å². The molecule has 0 bridgehead atoms. The molecule has 1 amide bonds. The summed E-state index contributed by atoms with van der Waals surface area (Å²) in [7, 11) is 0. The third-order valence-corrected chi connectivity index (χ3v) is 8.76. The van der Waals surface area contributed by atoms with Gasteiger partial charge in [-0.2, -0.15) is 0 Å². The number of anilines is 1. The lowest BCUT2D eigenvalue weighted by molar-refractivity contribution is -0.157. The molecule has 1 unspecified atom stereocenters. The van der Waals surface area contributed by atoms with Crippen LogP contribution in [0.1, 0.15) is 88.2 Å². The summed E-state index contributed by atoms with van der Waals surface area (Å²) in [5, 5.41) is 0. The number of aliphatic imine (C=N–C) groups is 1. The van der Waals surface area contributed by atoms with Crippen molar-refractivity contribution in [3.8, 4) is 0 Å². The number of nitrogens with two attached hydrogens (primary N) is 1. The van der Waals surface area contributed by atoms with E-state index in [2.05, 4.69) is 14.5 Å². The van der Waals surface area contributed by atoms with Gasteiger partial charge in [0.15, 0.2) is 0 Å². The van der Waals surface area contributed by atoms with Gasteiger partial charge in [0.25, 0.3) is 5.91 Å². The van der Waals surface area contributed by atoms with Crippen LogP contribution in [0.3, 0.4) is 0 Å². The first-order chi connectivity index (χ1) is 26.0. The number of amidine groups is 1. The van der Waals surface area contributed by atoms with Crippen LogP contribution < -0.4 is 10.6 Å². The molecular weight excluding hydrogens is 700 g/mol. The van der Waals surface area contributed by atoms with Crippen LogP contribution in [0.25, 0.3) is 11.0 Å². The lowest BCUT2D eigenvalue weighted by atomic mass is 10.0. The second-order valence-corrected chi connectivity index (χ2v) is 15.4. The average Bonchev–Trinajstić information content (AvgIpc) is 3.49. The van der Waals surface area contributed by atoms with Gasteiger partial charge in [-0.05, 0) is 90.8 Å². The van der Waals surface area contributed by atoms with Gasteiger partial charge in [0.1, 0.15) is 29.4 Å². The van der Waals surface area contributed by atoms with Crippen molar-refractivity contribution in [1.29, 1.82) is 0 Å². The topological polar surface area (TPSA) is 159 Å². The van der Waals surface area contributed by atoms with E-state index in [0.29, 0.717) is 41.8 Å². The molecule has 55 heavy (non-hydrogen) atoms. The van der Waals surface area contributed by atoms with E-state index in [1.54, 1.807) is 44.7 Å². The number of carbonyl (C=O) groups is 4. The van der Waals surface area contributed by atoms with Crippen molar-refractivity contribution in [2.24, 2.45) is 10.7 Å². The maximum absolute atomic E-state index is 14.0. The molecule has 0 saturated heterocycles. The summed E-state index contributed by atoms with van der Waals surface area (Å²) in [6.45, 7) is 14.1. The minimum absolute atomic E-state index is 0.0527. The lowest BCUT2D eigenvalue weighted by Crippen LogP contribution is -2.43. The summed E-state index contributed by atoms with van der Waals surface area (Å²) in [4.78, 5) is 64.6. The molecule has 2 heterocycles. The van der Waals surface area contributed by atoms with Crippen LogP contribution >= 0.6 is 0 Å². The number of carbonyl (C=O) groups excluding carboxylic acids is 4. The van der Waals surface area contributed by atoms with Gasteiger partial charge in [0.2, 0.25) is 0 Å². The lowest BCUT2D eigenvalue weighted by Gasteiger charge is -2.36. The molecular formula is C42H52N6O7. The molecule has 0 saturated carbocycles. The number of hydrogen-bond acceptors (Lipinski definition) is 10. The number of hydrogen-bond donors (Lipinski definition) is 1. The van der Waals surface area contributed by atoms with Crippen LogP contribution in [-0.4, -0.2) is 88.1 Å². The van der Waals surface area contributed by atoms with Crippen molar-refractivity contribution in [2.45, 2.75) is 85.1 Å². The number of amides is 1. The van der Waals surface area contributed by atoms with Gasteiger partial charge in [-0.15, -0.1) is 0 Å². The molecule has 4 aromatic rings. The van der Waals surface area contributed by atoms with E-state index < -0.39 is 17.2 Å². The van der Waals surface area contributed by atoms with Crippen LogP contribution in [-0.2, 0) is 41.6 Å². The normalized spacial score (nSPS) is 15.0. The molecule has 0 radical (unpaired) electrons. The average molecular weight is 753 g/mol. The Balaban J connectivity index is 1.43. The smallest absolute Gasteiger partial charge is 0.328 e.